The molecule has 0 spiro atoms. The number of carbonyl (C=O) groups excluding carboxylic acids is 1. The maximum atomic E-state index is 12.0. The largest absolute Gasteiger partial charge is 0.495 e. The molecule has 1 aromatic carbocycles. The monoisotopic (exact) mass is 281 g/mol. The zero-order valence-electron chi connectivity index (χ0n) is 10.5. The van der Waals surface area contributed by atoms with E-state index in [-0.39, 0.29) is 17.4 Å². The molecule has 6 heteroatoms. The number of rotatable bonds is 4. The number of aromatic carboxylic acids is 1. The number of ether oxygens (including phenoxy) is 1. The molecular formula is C13H15NO4S. The van der Waals surface area contributed by atoms with Gasteiger partial charge in [-0.05, 0) is 29.9 Å². The van der Waals surface area contributed by atoms with E-state index in [2.05, 4.69) is 12.6 Å². The lowest BCUT2D eigenvalue weighted by Crippen LogP contribution is -2.25. The summed E-state index contributed by atoms with van der Waals surface area (Å²) in [5.74, 6) is 0.261. The van der Waals surface area contributed by atoms with Gasteiger partial charge in [0, 0.05) is 13.0 Å². The lowest BCUT2D eigenvalue weighted by molar-refractivity contribution is -0.117. The van der Waals surface area contributed by atoms with Crippen molar-refractivity contribution >= 4 is 30.2 Å². The number of hydrogen-bond donors (Lipinski definition) is 2. The summed E-state index contributed by atoms with van der Waals surface area (Å²) < 4.78 is 5.19. The second-order valence-electron chi connectivity index (χ2n) is 4.45. The highest BCUT2D eigenvalue weighted by Gasteiger charge is 2.31. The maximum Gasteiger partial charge on any atom is 0.335 e. The lowest BCUT2D eigenvalue weighted by atomic mass is 10.1. The summed E-state index contributed by atoms with van der Waals surface area (Å²) in [5, 5.41) is 8.95. The first-order valence-corrected chi connectivity index (χ1v) is 6.52. The average molecular weight is 281 g/mol. The van der Waals surface area contributed by atoms with Crippen LogP contribution < -0.4 is 9.64 Å². The molecule has 0 aliphatic carbocycles. The topological polar surface area (TPSA) is 66.8 Å². The fraction of sp³-hybridized carbons (Fsp3) is 0.385. The number of carboxylic acids is 1. The molecule has 1 atom stereocenters. The highest BCUT2D eigenvalue weighted by Crippen LogP contribution is 2.34. The molecule has 1 aliphatic rings. The van der Waals surface area contributed by atoms with Gasteiger partial charge in [-0.2, -0.15) is 12.6 Å². The van der Waals surface area contributed by atoms with E-state index >= 15 is 0 Å². The fourth-order valence-corrected chi connectivity index (χ4v) is 2.41. The van der Waals surface area contributed by atoms with Crippen molar-refractivity contribution in [3.8, 4) is 5.75 Å². The minimum atomic E-state index is -1.02. The van der Waals surface area contributed by atoms with E-state index in [0.717, 1.165) is 0 Å². The summed E-state index contributed by atoms with van der Waals surface area (Å²) in [6.07, 6.45) is 0.466. The van der Waals surface area contributed by atoms with Gasteiger partial charge in [0.25, 0.3) is 0 Å². The van der Waals surface area contributed by atoms with E-state index in [4.69, 9.17) is 9.84 Å². The molecule has 19 heavy (non-hydrogen) atoms. The van der Waals surface area contributed by atoms with Crippen molar-refractivity contribution in [3.05, 3.63) is 23.8 Å². The Labute approximate surface area is 116 Å². The quantitative estimate of drug-likeness (QED) is 0.824. The zero-order chi connectivity index (χ0) is 14.0. The number of methoxy groups -OCH3 is 1. The Hall–Kier alpha value is -1.69. The van der Waals surface area contributed by atoms with Crippen molar-refractivity contribution in [1.82, 2.24) is 0 Å². The Morgan fingerprint density at radius 1 is 1.58 bits per heavy atom. The molecule has 1 saturated heterocycles. The molecule has 102 valence electrons. The van der Waals surface area contributed by atoms with Gasteiger partial charge < -0.3 is 14.7 Å². The van der Waals surface area contributed by atoms with Crippen molar-refractivity contribution in [1.29, 1.82) is 0 Å². The predicted octanol–water partition coefficient (Wildman–Crippen LogP) is 1.68. The Kier molecular flexibility index (Phi) is 3.99. The van der Waals surface area contributed by atoms with Crippen LogP contribution in [0.4, 0.5) is 5.69 Å². The number of carboxylic acid groups (broad SMARTS) is 1. The van der Waals surface area contributed by atoms with Gasteiger partial charge >= 0.3 is 5.97 Å². The molecule has 1 fully saturated rings. The third kappa shape index (κ3) is 2.68. The van der Waals surface area contributed by atoms with Crippen LogP contribution in [0.5, 0.6) is 5.75 Å². The average Bonchev–Trinajstić information content (AvgIpc) is 2.79. The molecule has 1 N–H and O–H groups in total. The smallest absolute Gasteiger partial charge is 0.335 e. The first-order valence-electron chi connectivity index (χ1n) is 5.89. The van der Waals surface area contributed by atoms with Crippen LogP contribution in [0.15, 0.2) is 18.2 Å². The third-order valence-corrected chi connectivity index (χ3v) is 3.70. The normalized spacial score (nSPS) is 18.7. The van der Waals surface area contributed by atoms with Crippen LogP contribution in [0.2, 0.25) is 0 Å². The van der Waals surface area contributed by atoms with Gasteiger partial charge in [0.2, 0.25) is 5.91 Å². The number of benzene rings is 1. The summed E-state index contributed by atoms with van der Waals surface area (Å²) in [5.41, 5.74) is 0.750. The molecule has 1 heterocycles. The highest BCUT2D eigenvalue weighted by atomic mass is 32.1. The molecule has 2 rings (SSSR count). The number of anilines is 1. The van der Waals surface area contributed by atoms with Crippen molar-refractivity contribution < 1.29 is 19.4 Å². The maximum absolute atomic E-state index is 12.0. The Balaban J connectivity index is 2.34. The molecule has 1 amide bonds. The fourth-order valence-electron chi connectivity index (χ4n) is 2.17. The molecule has 1 unspecified atom stereocenters. The first kappa shape index (κ1) is 13.7. The Morgan fingerprint density at radius 3 is 2.84 bits per heavy atom. The summed E-state index contributed by atoms with van der Waals surface area (Å²) in [6.45, 7) is 0.588. The van der Waals surface area contributed by atoms with Gasteiger partial charge in [-0.1, -0.05) is 0 Å². The van der Waals surface area contributed by atoms with E-state index in [9.17, 15) is 9.59 Å². The van der Waals surface area contributed by atoms with Crippen LogP contribution in [-0.4, -0.2) is 36.4 Å². The molecule has 0 aromatic heterocycles. The lowest BCUT2D eigenvalue weighted by Gasteiger charge is -2.19. The van der Waals surface area contributed by atoms with Crippen molar-refractivity contribution in [2.45, 2.75) is 6.42 Å². The van der Waals surface area contributed by atoms with Gasteiger partial charge in [-0.25, -0.2) is 4.79 Å². The van der Waals surface area contributed by atoms with Crippen LogP contribution in [-0.2, 0) is 4.79 Å². The zero-order valence-corrected chi connectivity index (χ0v) is 11.4. The van der Waals surface area contributed by atoms with Crippen molar-refractivity contribution in [2.24, 2.45) is 5.92 Å². The minimum Gasteiger partial charge on any atom is -0.495 e. The number of thiol groups is 1. The second-order valence-corrected chi connectivity index (χ2v) is 4.81. The third-order valence-electron chi connectivity index (χ3n) is 3.18. The molecular weight excluding hydrogens is 266 g/mol. The van der Waals surface area contributed by atoms with E-state index < -0.39 is 5.97 Å². The minimum absolute atomic E-state index is 0.0143. The van der Waals surface area contributed by atoms with Crippen LogP contribution in [0, 0.1) is 5.92 Å². The Bertz CT molecular complexity index is 517. The standard InChI is InChI=1S/C13H15NO4S/c1-18-11-5-9(13(16)17)2-3-10(11)14-6-8(7-19)4-12(14)15/h2-3,5,8,19H,4,6-7H2,1H3,(H,16,17). The second kappa shape index (κ2) is 5.52. The van der Waals surface area contributed by atoms with Gasteiger partial charge in [0.05, 0.1) is 18.4 Å². The Morgan fingerprint density at radius 2 is 2.32 bits per heavy atom. The number of nitrogens with zero attached hydrogens (tertiary/aromatic N) is 1. The van der Waals surface area contributed by atoms with Crippen LogP contribution >= 0.6 is 12.6 Å². The molecule has 0 radical (unpaired) electrons. The number of hydrogen-bond acceptors (Lipinski definition) is 4. The first-order chi connectivity index (χ1) is 9.06. The number of carbonyl (C=O) groups is 2. The molecule has 5 nitrogen and oxygen atoms in total. The predicted molar refractivity (Wildman–Crippen MR) is 74.3 cm³/mol. The molecule has 0 saturated carbocycles. The van der Waals surface area contributed by atoms with Crippen LogP contribution in [0.25, 0.3) is 0 Å². The van der Waals surface area contributed by atoms with Gasteiger partial charge in [0.15, 0.2) is 0 Å². The van der Waals surface area contributed by atoms with Gasteiger partial charge in [0.1, 0.15) is 5.75 Å². The van der Waals surface area contributed by atoms with Gasteiger partial charge in [-0.15, -0.1) is 0 Å². The summed E-state index contributed by atoms with van der Waals surface area (Å²) in [6, 6.07) is 4.52. The van der Waals surface area contributed by atoms with E-state index in [1.165, 1.54) is 19.2 Å². The molecule has 1 aromatic rings. The van der Waals surface area contributed by atoms with Crippen LogP contribution in [0.1, 0.15) is 16.8 Å². The van der Waals surface area contributed by atoms with E-state index in [1.54, 1.807) is 11.0 Å². The molecule has 1 aliphatic heterocycles. The molecule has 0 bridgehead atoms. The van der Waals surface area contributed by atoms with E-state index in [1.807, 2.05) is 0 Å². The van der Waals surface area contributed by atoms with Gasteiger partial charge in [-0.3, -0.25) is 4.79 Å². The van der Waals surface area contributed by atoms with Crippen molar-refractivity contribution in [3.63, 3.8) is 0 Å². The van der Waals surface area contributed by atoms with Crippen LogP contribution in [0.3, 0.4) is 0 Å². The van der Waals surface area contributed by atoms with Crippen molar-refractivity contribution in [2.75, 3.05) is 24.3 Å². The summed E-state index contributed by atoms with van der Waals surface area (Å²) in [7, 11) is 1.46. The van der Waals surface area contributed by atoms with E-state index in [0.29, 0.717) is 30.2 Å². The number of amides is 1. The summed E-state index contributed by atoms with van der Waals surface area (Å²) in [4.78, 5) is 24.5. The SMILES string of the molecule is COc1cc(C(=O)O)ccc1N1CC(CS)CC1=O. The summed E-state index contributed by atoms with van der Waals surface area (Å²) >= 11 is 4.21. The highest BCUT2D eigenvalue weighted by molar-refractivity contribution is 7.80.